The minimum atomic E-state index is 0.117. The van der Waals surface area contributed by atoms with E-state index >= 15 is 0 Å². The molecule has 0 unspecified atom stereocenters. The minimum absolute atomic E-state index is 0.117. The van der Waals surface area contributed by atoms with Gasteiger partial charge < -0.3 is 5.32 Å². The number of hydrogen-bond donors (Lipinski definition) is 1. The number of nitrogens with zero attached hydrogens (tertiary/aromatic N) is 4. The highest BCUT2D eigenvalue weighted by Gasteiger charge is 2.22. The number of aromatic nitrogens is 4. The number of thiophene rings is 1. The van der Waals surface area contributed by atoms with Crippen LogP contribution in [0.1, 0.15) is 60.5 Å². The molecule has 0 saturated carbocycles. The molecular weight excluding hydrogens is 370 g/mol. The number of fused-ring (bicyclic) bond motifs is 3. The Morgan fingerprint density at radius 1 is 1.18 bits per heavy atom. The van der Waals surface area contributed by atoms with Crippen molar-refractivity contribution in [3.05, 3.63) is 37.7 Å². The highest BCUT2D eigenvalue weighted by atomic mass is 32.1. The van der Waals surface area contributed by atoms with E-state index in [1.54, 1.807) is 11.3 Å². The van der Waals surface area contributed by atoms with Crippen LogP contribution in [0.5, 0.6) is 0 Å². The third-order valence-electron chi connectivity index (χ3n) is 5.78. The van der Waals surface area contributed by atoms with Crippen molar-refractivity contribution in [3.8, 4) is 0 Å². The molecule has 7 heteroatoms. The predicted molar refractivity (Wildman–Crippen MR) is 116 cm³/mol. The second kappa shape index (κ2) is 7.70. The normalized spacial score (nSPS) is 13.9. The lowest BCUT2D eigenvalue weighted by Gasteiger charge is -2.14. The van der Waals surface area contributed by atoms with Crippen LogP contribution in [0.4, 0.5) is 5.95 Å². The van der Waals surface area contributed by atoms with Gasteiger partial charge in [0, 0.05) is 35.8 Å². The van der Waals surface area contributed by atoms with Crippen molar-refractivity contribution < 1.29 is 0 Å². The molecule has 1 aliphatic rings. The Bertz CT molecular complexity index is 1080. The van der Waals surface area contributed by atoms with Crippen molar-refractivity contribution in [3.63, 3.8) is 0 Å². The van der Waals surface area contributed by atoms with E-state index in [0.29, 0.717) is 19.0 Å². The summed E-state index contributed by atoms with van der Waals surface area (Å²) in [5.41, 5.74) is 4.76. The molecule has 0 atom stereocenters. The zero-order valence-corrected chi connectivity index (χ0v) is 18.1. The summed E-state index contributed by atoms with van der Waals surface area (Å²) in [6.07, 6.45) is 5.39. The first kappa shape index (κ1) is 19.2. The second-order valence-electron chi connectivity index (χ2n) is 7.60. The van der Waals surface area contributed by atoms with Gasteiger partial charge in [-0.1, -0.05) is 6.92 Å². The van der Waals surface area contributed by atoms with Crippen molar-refractivity contribution >= 4 is 27.5 Å². The zero-order chi connectivity index (χ0) is 19.8. The topological polar surface area (TPSA) is 64.7 Å². The summed E-state index contributed by atoms with van der Waals surface area (Å²) in [6.45, 7) is 10.5. The first-order chi connectivity index (χ1) is 13.5. The van der Waals surface area contributed by atoms with Gasteiger partial charge in [-0.2, -0.15) is 5.10 Å². The van der Waals surface area contributed by atoms with Gasteiger partial charge in [0.25, 0.3) is 5.56 Å². The molecule has 1 N–H and O–H groups in total. The molecule has 0 aliphatic heterocycles. The molecule has 3 aromatic rings. The Labute approximate surface area is 169 Å². The Balaban J connectivity index is 1.75. The summed E-state index contributed by atoms with van der Waals surface area (Å²) in [6, 6.07) is 0. The fourth-order valence-corrected chi connectivity index (χ4v) is 5.52. The molecule has 0 bridgehead atoms. The highest BCUT2D eigenvalue weighted by molar-refractivity contribution is 7.18. The summed E-state index contributed by atoms with van der Waals surface area (Å²) < 4.78 is 3.86. The molecule has 1 aliphatic carbocycles. The summed E-state index contributed by atoms with van der Waals surface area (Å²) in [4.78, 5) is 20.5. The Morgan fingerprint density at radius 3 is 2.68 bits per heavy atom. The van der Waals surface area contributed by atoms with Gasteiger partial charge in [-0.3, -0.25) is 14.0 Å². The van der Waals surface area contributed by atoms with Crippen molar-refractivity contribution in [2.24, 2.45) is 0 Å². The molecule has 0 radical (unpaired) electrons. The molecule has 0 spiro atoms. The molecule has 0 aromatic carbocycles. The van der Waals surface area contributed by atoms with Crippen molar-refractivity contribution in [1.82, 2.24) is 19.3 Å². The average Bonchev–Trinajstić information content (AvgIpc) is 3.19. The maximum Gasteiger partial charge on any atom is 0.263 e. The standard InChI is InChI=1S/C21H29N5OS/c1-5-11-25-20(27)18-15-9-7-8-10-17(15)28-19(18)23-21(25)22-12-16-13(3)24-26(6-2)14(16)4/h5-12H2,1-4H3,(H,22,23). The van der Waals surface area contributed by atoms with Gasteiger partial charge in [-0.05, 0) is 58.4 Å². The van der Waals surface area contributed by atoms with Crippen molar-refractivity contribution in [1.29, 1.82) is 0 Å². The van der Waals surface area contributed by atoms with Crippen LogP contribution in [0.15, 0.2) is 4.79 Å². The number of nitrogens with one attached hydrogen (secondary N) is 1. The molecule has 3 aromatic heterocycles. The Morgan fingerprint density at radius 2 is 1.96 bits per heavy atom. The smallest absolute Gasteiger partial charge is 0.263 e. The van der Waals surface area contributed by atoms with Crippen molar-refractivity contribution in [2.45, 2.75) is 79.4 Å². The van der Waals surface area contributed by atoms with Crippen molar-refractivity contribution in [2.75, 3.05) is 5.32 Å². The fraction of sp³-hybridized carbons (Fsp3) is 0.571. The molecule has 28 heavy (non-hydrogen) atoms. The molecule has 3 heterocycles. The van der Waals surface area contributed by atoms with Crippen LogP contribution >= 0.6 is 11.3 Å². The van der Waals surface area contributed by atoms with Gasteiger partial charge in [0.15, 0.2) is 0 Å². The monoisotopic (exact) mass is 399 g/mol. The molecular formula is C21H29N5OS. The quantitative estimate of drug-likeness (QED) is 0.675. The molecule has 150 valence electrons. The van der Waals surface area contributed by atoms with E-state index in [1.807, 2.05) is 16.2 Å². The summed E-state index contributed by atoms with van der Waals surface area (Å²) >= 11 is 1.71. The van der Waals surface area contributed by atoms with Gasteiger partial charge in [0.1, 0.15) is 4.83 Å². The zero-order valence-electron chi connectivity index (χ0n) is 17.3. The number of rotatable bonds is 6. The number of anilines is 1. The first-order valence-corrected chi connectivity index (χ1v) is 11.2. The van der Waals surface area contributed by atoms with E-state index in [4.69, 9.17) is 4.98 Å². The van der Waals surface area contributed by atoms with Crippen LogP contribution in [-0.2, 0) is 32.5 Å². The van der Waals surface area contributed by atoms with E-state index < -0.39 is 0 Å². The highest BCUT2D eigenvalue weighted by Crippen LogP contribution is 2.34. The summed E-state index contributed by atoms with van der Waals surface area (Å²) in [7, 11) is 0. The second-order valence-corrected chi connectivity index (χ2v) is 8.69. The predicted octanol–water partition coefficient (Wildman–Crippen LogP) is 4.19. The molecule has 0 amide bonds. The maximum absolute atomic E-state index is 13.3. The van der Waals surface area contributed by atoms with E-state index in [1.165, 1.54) is 34.5 Å². The van der Waals surface area contributed by atoms with Crippen LogP contribution < -0.4 is 10.9 Å². The van der Waals surface area contributed by atoms with E-state index in [0.717, 1.165) is 41.7 Å². The minimum Gasteiger partial charge on any atom is -0.351 e. The third kappa shape index (κ3) is 3.15. The van der Waals surface area contributed by atoms with Crippen LogP contribution in [0.3, 0.4) is 0 Å². The van der Waals surface area contributed by atoms with Gasteiger partial charge in [-0.25, -0.2) is 4.98 Å². The van der Waals surface area contributed by atoms with Gasteiger partial charge >= 0.3 is 0 Å². The first-order valence-electron chi connectivity index (χ1n) is 10.4. The fourth-order valence-electron chi connectivity index (χ4n) is 4.27. The number of aryl methyl sites for hydroxylation is 4. The lowest BCUT2D eigenvalue weighted by atomic mass is 9.97. The number of hydrogen-bond acceptors (Lipinski definition) is 5. The summed E-state index contributed by atoms with van der Waals surface area (Å²) in [5.74, 6) is 0.681. The molecule has 0 fully saturated rings. The molecule has 6 nitrogen and oxygen atoms in total. The van der Waals surface area contributed by atoms with Gasteiger partial charge in [0.2, 0.25) is 5.95 Å². The molecule has 4 rings (SSSR count). The van der Waals surface area contributed by atoms with Crippen LogP contribution in [0, 0.1) is 13.8 Å². The summed E-state index contributed by atoms with van der Waals surface area (Å²) in [5, 5.41) is 8.92. The van der Waals surface area contributed by atoms with E-state index in [9.17, 15) is 4.79 Å². The Kier molecular flexibility index (Phi) is 5.27. The lowest BCUT2D eigenvalue weighted by Crippen LogP contribution is -2.25. The van der Waals surface area contributed by atoms with Gasteiger partial charge in [0.05, 0.1) is 11.1 Å². The largest absolute Gasteiger partial charge is 0.351 e. The van der Waals surface area contributed by atoms with Crippen LogP contribution in [0.2, 0.25) is 0 Å². The average molecular weight is 400 g/mol. The van der Waals surface area contributed by atoms with Gasteiger partial charge in [-0.15, -0.1) is 11.3 Å². The van der Waals surface area contributed by atoms with Crippen LogP contribution in [-0.4, -0.2) is 19.3 Å². The Hall–Kier alpha value is -2.15. The van der Waals surface area contributed by atoms with E-state index in [2.05, 4.69) is 31.2 Å². The SMILES string of the molecule is CCCn1c(NCc2c(C)nn(CC)c2C)nc2sc3c(c2c1=O)CCCC3. The van der Waals surface area contributed by atoms with Crippen LogP contribution in [0.25, 0.3) is 10.2 Å². The maximum atomic E-state index is 13.3. The third-order valence-corrected chi connectivity index (χ3v) is 6.96. The lowest BCUT2D eigenvalue weighted by molar-refractivity contribution is 0.633. The van der Waals surface area contributed by atoms with E-state index in [-0.39, 0.29) is 5.56 Å². The molecule has 0 saturated heterocycles.